The van der Waals surface area contributed by atoms with E-state index in [-0.39, 0.29) is 12.1 Å². The monoisotopic (exact) mass is 349 g/mol. The second-order valence-corrected chi connectivity index (χ2v) is 6.16. The van der Waals surface area contributed by atoms with Gasteiger partial charge in [0.25, 0.3) is 0 Å². The van der Waals surface area contributed by atoms with Crippen molar-refractivity contribution < 1.29 is 4.79 Å². The minimum absolute atomic E-state index is 0.111. The highest BCUT2D eigenvalue weighted by molar-refractivity contribution is 5.74. The maximum Gasteiger partial charge on any atom is 0.318 e. The van der Waals surface area contributed by atoms with Crippen molar-refractivity contribution in [1.29, 1.82) is 0 Å². The average molecular weight is 349 g/mol. The summed E-state index contributed by atoms with van der Waals surface area (Å²) in [6, 6.07) is 15.6. The lowest BCUT2D eigenvalue weighted by Gasteiger charge is -2.24. The first-order valence-electron chi connectivity index (χ1n) is 8.60. The van der Waals surface area contributed by atoms with E-state index in [0.29, 0.717) is 6.54 Å². The standard InChI is InChI=1S/C20H23N5O/c1-16(18-10-6-7-11-21-18)24(2)20(26)23-14-19-22-12-13-25(19)15-17-8-4-3-5-9-17/h3-13,16H,14-15H2,1-2H3,(H,23,26)/t16-/m0/s1. The van der Waals surface area contributed by atoms with Gasteiger partial charge in [-0.05, 0) is 24.6 Å². The smallest absolute Gasteiger partial charge is 0.318 e. The number of urea groups is 1. The normalized spacial score (nSPS) is 11.8. The number of nitrogens with zero attached hydrogens (tertiary/aromatic N) is 4. The molecule has 0 aliphatic carbocycles. The highest BCUT2D eigenvalue weighted by Gasteiger charge is 2.18. The van der Waals surface area contributed by atoms with E-state index in [1.165, 1.54) is 5.56 Å². The summed E-state index contributed by atoms with van der Waals surface area (Å²) >= 11 is 0. The van der Waals surface area contributed by atoms with E-state index in [1.54, 1.807) is 24.3 Å². The number of rotatable bonds is 6. The van der Waals surface area contributed by atoms with Crippen molar-refractivity contribution in [3.8, 4) is 0 Å². The van der Waals surface area contributed by atoms with Crippen molar-refractivity contribution in [3.05, 3.63) is 84.2 Å². The van der Waals surface area contributed by atoms with Gasteiger partial charge in [-0.25, -0.2) is 9.78 Å². The van der Waals surface area contributed by atoms with Crippen molar-refractivity contribution >= 4 is 6.03 Å². The summed E-state index contributed by atoms with van der Waals surface area (Å²) in [6.45, 7) is 3.06. The molecule has 0 unspecified atom stereocenters. The van der Waals surface area contributed by atoms with Crippen LogP contribution in [0.15, 0.2) is 67.1 Å². The Morgan fingerprint density at radius 1 is 1.12 bits per heavy atom. The fraction of sp³-hybridized carbons (Fsp3) is 0.250. The summed E-state index contributed by atoms with van der Waals surface area (Å²) in [5.41, 5.74) is 2.05. The molecule has 2 amide bonds. The molecule has 26 heavy (non-hydrogen) atoms. The molecule has 134 valence electrons. The fourth-order valence-corrected chi connectivity index (χ4v) is 2.71. The number of hydrogen-bond acceptors (Lipinski definition) is 3. The maximum absolute atomic E-state index is 12.5. The van der Waals surface area contributed by atoms with Crippen LogP contribution in [0.5, 0.6) is 0 Å². The Kier molecular flexibility index (Phi) is 5.63. The van der Waals surface area contributed by atoms with Crippen molar-refractivity contribution in [2.75, 3.05) is 7.05 Å². The van der Waals surface area contributed by atoms with Crippen LogP contribution in [0.4, 0.5) is 4.79 Å². The fourth-order valence-electron chi connectivity index (χ4n) is 2.71. The van der Waals surface area contributed by atoms with Gasteiger partial charge in [-0.15, -0.1) is 0 Å². The molecular weight excluding hydrogens is 326 g/mol. The quantitative estimate of drug-likeness (QED) is 0.743. The van der Waals surface area contributed by atoms with Crippen molar-refractivity contribution in [3.63, 3.8) is 0 Å². The molecule has 1 aromatic carbocycles. The highest BCUT2D eigenvalue weighted by Crippen LogP contribution is 2.15. The maximum atomic E-state index is 12.5. The van der Waals surface area contributed by atoms with Gasteiger partial charge in [0.1, 0.15) is 5.82 Å². The number of nitrogens with one attached hydrogen (secondary N) is 1. The molecule has 2 heterocycles. The third-order valence-corrected chi connectivity index (χ3v) is 4.41. The van der Waals surface area contributed by atoms with Crippen LogP contribution in [-0.4, -0.2) is 32.5 Å². The van der Waals surface area contributed by atoms with E-state index in [1.807, 2.05) is 54.1 Å². The number of carbonyl (C=O) groups excluding carboxylic acids is 1. The Labute approximate surface area is 153 Å². The molecule has 0 aliphatic heterocycles. The van der Waals surface area contributed by atoms with Crippen LogP contribution in [-0.2, 0) is 13.1 Å². The number of aromatic nitrogens is 3. The Bertz CT molecular complexity index is 832. The second-order valence-electron chi connectivity index (χ2n) is 6.16. The third kappa shape index (κ3) is 4.27. The predicted octanol–water partition coefficient (Wildman–Crippen LogP) is 3.23. The van der Waals surface area contributed by atoms with Crippen molar-refractivity contribution in [2.24, 2.45) is 0 Å². The summed E-state index contributed by atoms with van der Waals surface area (Å²) in [6.07, 6.45) is 5.41. The molecule has 1 N–H and O–H groups in total. The largest absolute Gasteiger partial charge is 0.331 e. The van der Waals surface area contributed by atoms with Gasteiger partial charge in [-0.1, -0.05) is 36.4 Å². The van der Waals surface area contributed by atoms with Crippen LogP contribution in [0.3, 0.4) is 0 Å². The molecule has 6 heteroatoms. The zero-order valence-corrected chi connectivity index (χ0v) is 15.0. The minimum atomic E-state index is -0.155. The Morgan fingerprint density at radius 3 is 2.62 bits per heavy atom. The molecule has 3 rings (SSSR count). The molecule has 2 aromatic heterocycles. The summed E-state index contributed by atoms with van der Waals surface area (Å²) in [5.74, 6) is 0.820. The summed E-state index contributed by atoms with van der Waals surface area (Å²) in [4.78, 5) is 22.8. The first-order chi connectivity index (χ1) is 12.6. The summed E-state index contributed by atoms with van der Waals surface area (Å²) < 4.78 is 2.04. The molecule has 0 spiro atoms. The first-order valence-corrected chi connectivity index (χ1v) is 8.60. The van der Waals surface area contributed by atoms with Gasteiger partial charge in [0.2, 0.25) is 0 Å². The van der Waals surface area contributed by atoms with E-state index < -0.39 is 0 Å². The van der Waals surface area contributed by atoms with E-state index in [4.69, 9.17) is 0 Å². The van der Waals surface area contributed by atoms with Gasteiger partial charge in [0, 0.05) is 32.2 Å². The van der Waals surface area contributed by atoms with Gasteiger partial charge in [0.05, 0.1) is 18.3 Å². The SMILES string of the molecule is C[C@@H](c1ccccn1)N(C)C(=O)NCc1nccn1Cc1ccccc1. The molecule has 3 aromatic rings. The van der Waals surface area contributed by atoms with E-state index >= 15 is 0 Å². The number of pyridine rings is 1. The molecule has 0 bridgehead atoms. The topological polar surface area (TPSA) is 63.1 Å². The van der Waals surface area contributed by atoms with Crippen LogP contribution in [0.25, 0.3) is 0 Å². The number of benzene rings is 1. The molecular formula is C20H23N5O. The zero-order chi connectivity index (χ0) is 18.4. The van der Waals surface area contributed by atoms with Crippen molar-refractivity contribution in [1.82, 2.24) is 24.8 Å². The van der Waals surface area contributed by atoms with Crippen LogP contribution < -0.4 is 5.32 Å². The average Bonchev–Trinajstić information content (AvgIpc) is 3.13. The summed E-state index contributed by atoms with van der Waals surface area (Å²) in [5, 5.41) is 2.94. The minimum Gasteiger partial charge on any atom is -0.331 e. The second kappa shape index (κ2) is 8.29. The molecule has 0 saturated heterocycles. The van der Waals surface area contributed by atoms with Crippen LogP contribution >= 0.6 is 0 Å². The zero-order valence-electron chi connectivity index (χ0n) is 15.0. The van der Waals surface area contributed by atoms with Crippen LogP contribution in [0.1, 0.15) is 30.0 Å². The molecule has 0 aliphatic rings. The third-order valence-electron chi connectivity index (χ3n) is 4.41. The Hall–Kier alpha value is -3.15. The van der Waals surface area contributed by atoms with Gasteiger partial charge in [0.15, 0.2) is 0 Å². The molecule has 6 nitrogen and oxygen atoms in total. The highest BCUT2D eigenvalue weighted by atomic mass is 16.2. The molecule has 0 saturated carbocycles. The Balaban J connectivity index is 1.59. The lowest BCUT2D eigenvalue weighted by Crippen LogP contribution is -2.39. The molecule has 0 fully saturated rings. The van der Waals surface area contributed by atoms with E-state index in [0.717, 1.165) is 18.1 Å². The number of imidazole rings is 1. The van der Waals surface area contributed by atoms with Crippen molar-refractivity contribution in [2.45, 2.75) is 26.1 Å². The lowest BCUT2D eigenvalue weighted by molar-refractivity contribution is 0.192. The van der Waals surface area contributed by atoms with Crippen LogP contribution in [0, 0.1) is 0 Å². The number of amides is 2. The van der Waals surface area contributed by atoms with Gasteiger partial charge >= 0.3 is 6.03 Å². The van der Waals surface area contributed by atoms with Gasteiger partial charge in [-0.2, -0.15) is 0 Å². The first kappa shape index (κ1) is 17.7. The lowest BCUT2D eigenvalue weighted by atomic mass is 10.2. The van der Waals surface area contributed by atoms with E-state index in [9.17, 15) is 4.79 Å². The number of carbonyl (C=O) groups is 1. The Morgan fingerprint density at radius 2 is 1.88 bits per heavy atom. The number of hydrogen-bond donors (Lipinski definition) is 1. The van der Waals surface area contributed by atoms with Crippen LogP contribution in [0.2, 0.25) is 0 Å². The van der Waals surface area contributed by atoms with E-state index in [2.05, 4.69) is 27.4 Å². The van der Waals surface area contributed by atoms with Gasteiger partial charge in [-0.3, -0.25) is 4.98 Å². The summed E-state index contributed by atoms with van der Waals surface area (Å²) in [7, 11) is 1.77. The molecule has 0 radical (unpaired) electrons. The molecule has 1 atom stereocenters. The van der Waals surface area contributed by atoms with Gasteiger partial charge < -0.3 is 14.8 Å². The predicted molar refractivity (Wildman–Crippen MR) is 100 cm³/mol.